The molecule has 0 fully saturated rings. The number of hydrogen-bond donors (Lipinski definition) is 2. The maximum atomic E-state index is 4.50. The van der Waals surface area contributed by atoms with Gasteiger partial charge in [0.15, 0.2) is 0 Å². The molecule has 0 unspecified atom stereocenters. The van der Waals surface area contributed by atoms with Crippen molar-refractivity contribution in [1.82, 2.24) is 19.7 Å². The number of aromatic nitrogens is 4. The lowest BCUT2D eigenvalue weighted by Gasteiger charge is -2.10. The van der Waals surface area contributed by atoms with Gasteiger partial charge in [0.25, 0.3) is 0 Å². The Bertz CT molecular complexity index is 548. The van der Waals surface area contributed by atoms with Gasteiger partial charge in [-0.05, 0) is 19.4 Å². The molecular formula is C14H22N6. The molecule has 6 nitrogen and oxygen atoms in total. The SMILES string of the molecule is CCCNc1ncc(C)c(NCCc2ccnn2C)n1. The fourth-order valence-electron chi connectivity index (χ4n) is 1.90. The Balaban J connectivity index is 1.92. The molecule has 2 aromatic heterocycles. The molecular weight excluding hydrogens is 252 g/mol. The summed E-state index contributed by atoms with van der Waals surface area (Å²) >= 11 is 0. The van der Waals surface area contributed by atoms with Crippen molar-refractivity contribution in [3.05, 3.63) is 29.7 Å². The van der Waals surface area contributed by atoms with E-state index in [2.05, 4.69) is 32.6 Å². The van der Waals surface area contributed by atoms with Gasteiger partial charge in [0, 0.05) is 50.2 Å². The molecule has 6 heteroatoms. The van der Waals surface area contributed by atoms with Gasteiger partial charge in [-0.15, -0.1) is 0 Å². The van der Waals surface area contributed by atoms with Crippen molar-refractivity contribution >= 4 is 11.8 Å². The maximum Gasteiger partial charge on any atom is 0.224 e. The summed E-state index contributed by atoms with van der Waals surface area (Å²) in [6.07, 6.45) is 5.63. The predicted molar refractivity (Wildman–Crippen MR) is 81.0 cm³/mol. The molecule has 0 saturated heterocycles. The Morgan fingerprint density at radius 2 is 2.10 bits per heavy atom. The monoisotopic (exact) mass is 274 g/mol. The summed E-state index contributed by atoms with van der Waals surface area (Å²) in [6, 6.07) is 2.03. The van der Waals surface area contributed by atoms with E-state index >= 15 is 0 Å². The summed E-state index contributed by atoms with van der Waals surface area (Å²) in [5, 5.41) is 10.7. The highest BCUT2D eigenvalue weighted by molar-refractivity contribution is 5.46. The second-order valence-corrected chi connectivity index (χ2v) is 4.77. The van der Waals surface area contributed by atoms with E-state index in [1.807, 2.05) is 37.1 Å². The average Bonchev–Trinajstić information content (AvgIpc) is 2.85. The van der Waals surface area contributed by atoms with Crippen LogP contribution in [-0.4, -0.2) is 32.8 Å². The summed E-state index contributed by atoms with van der Waals surface area (Å²) in [5.41, 5.74) is 2.26. The third-order valence-corrected chi connectivity index (χ3v) is 3.10. The molecule has 0 saturated carbocycles. The van der Waals surface area contributed by atoms with E-state index in [-0.39, 0.29) is 0 Å². The highest BCUT2D eigenvalue weighted by Crippen LogP contribution is 2.12. The van der Waals surface area contributed by atoms with Crippen LogP contribution >= 0.6 is 0 Å². The van der Waals surface area contributed by atoms with E-state index in [1.54, 1.807) is 0 Å². The molecule has 0 radical (unpaired) electrons. The lowest BCUT2D eigenvalue weighted by atomic mass is 10.3. The first-order chi connectivity index (χ1) is 9.70. The highest BCUT2D eigenvalue weighted by atomic mass is 15.3. The Hall–Kier alpha value is -2.11. The number of rotatable bonds is 7. The molecule has 0 aliphatic carbocycles. The van der Waals surface area contributed by atoms with E-state index in [0.29, 0.717) is 5.95 Å². The Morgan fingerprint density at radius 1 is 1.25 bits per heavy atom. The minimum Gasteiger partial charge on any atom is -0.369 e. The highest BCUT2D eigenvalue weighted by Gasteiger charge is 2.04. The van der Waals surface area contributed by atoms with Crippen LogP contribution in [0.5, 0.6) is 0 Å². The van der Waals surface area contributed by atoms with Crippen molar-refractivity contribution in [3.8, 4) is 0 Å². The van der Waals surface area contributed by atoms with Gasteiger partial charge < -0.3 is 10.6 Å². The van der Waals surface area contributed by atoms with Crippen LogP contribution in [0.3, 0.4) is 0 Å². The van der Waals surface area contributed by atoms with Crippen LogP contribution in [0.2, 0.25) is 0 Å². The van der Waals surface area contributed by atoms with E-state index in [4.69, 9.17) is 0 Å². The topological polar surface area (TPSA) is 67.7 Å². The van der Waals surface area contributed by atoms with Crippen LogP contribution in [0.4, 0.5) is 11.8 Å². The third kappa shape index (κ3) is 3.69. The van der Waals surface area contributed by atoms with Crippen LogP contribution in [-0.2, 0) is 13.5 Å². The first-order valence-corrected chi connectivity index (χ1v) is 6.99. The Morgan fingerprint density at radius 3 is 2.80 bits per heavy atom. The van der Waals surface area contributed by atoms with Crippen LogP contribution in [0.15, 0.2) is 18.5 Å². The normalized spacial score (nSPS) is 10.6. The van der Waals surface area contributed by atoms with Gasteiger partial charge in [-0.2, -0.15) is 10.1 Å². The van der Waals surface area contributed by atoms with Crippen molar-refractivity contribution in [3.63, 3.8) is 0 Å². The number of aryl methyl sites for hydroxylation is 2. The van der Waals surface area contributed by atoms with Crippen molar-refractivity contribution < 1.29 is 0 Å². The standard InChI is InChI=1S/C14H22N6/c1-4-7-16-14-17-10-11(2)13(19-14)15-8-5-12-6-9-18-20(12)3/h6,9-10H,4-5,7-8H2,1-3H3,(H2,15,16,17,19). The number of nitrogens with one attached hydrogen (secondary N) is 2. The molecule has 0 amide bonds. The minimum atomic E-state index is 0.681. The first kappa shape index (κ1) is 14.3. The number of nitrogens with zero attached hydrogens (tertiary/aromatic N) is 4. The average molecular weight is 274 g/mol. The molecule has 0 aliphatic rings. The molecule has 2 rings (SSSR count). The fraction of sp³-hybridized carbons (Fsp3) is 0.500. The zero-order valence-electron chi connectivity index (χ0n) is 12.3. The first-order valence-electron chi connectivity index (χ1n) is 6.99. The molecule has 2 heterocycles. The molecule has 0 atom stereocenters. The van der Waals surface area contributed by atoms with Gasteiger partial charge >= 0.3 is 0 Å². The second kappa shape index (κ2) is 6.88. The number of hydrogen-bond acceptors (Lipinski definition) is 5. The van der Waals surface area contributed by atoms with E-state index in [9.17, 15) is 0 Å². The van der Waals surface area contributed by atoms with Crippen LogP contribution in [0.1, 0.15) is 24.6 Å². The molecule has 108 valence electrons. The van der Waals surface area contributed by atoms with Gasteiger partial charge in [-0.3, -0.25) is 4.68 Å². The van der Waals surface area contributed by atoms with E-state index in [1.165, 1.54) is 5.69 Å². The van der Waals surface area contributed by atoms with E-state index < -0.39 is 0 Å². The molecule has 0 aliphatic heterocycles. The van der Waals surface area contributed by atoms with Crippen molar-refractivity contribution in [2.75, 3.05) is 23.7 Å². The zero-order valence-corrected chi connectivity index (χ0v) is 12.3. The van der Waals surface area contributed by atoms with Gasteiger partial charge in [0.1, 0.15) is 5.82 Å². The Kier molecular flexibility index (Phi) is 4.92. The van der Waals surface area contributed by atoms with Crippen LogP contribution < -0.4 is 10.6 Å². The summed E-state index contributed by atoms with van der Waals surface area (Å²) in [7, 11) is 1.96. The van der Waals surface area contributed by atoms with Gasteiger partial charge in [-0.25, -0.2) is 4.98 Å². The van der Waals surface area contributed by atoms with Crippen molar-refractivity contribution in [2.24, 2.45) is 7.05 Å². The number of anilines is 2. The zero-order chi connectivity index (χ0) is 14.4. The molecule has 2 aromatic rings. The summed E-state index contributed by atoms with van der Waals surface area (Å²) in [5.74, 6) is 1.57. The Labute approximate surface area is 119 Å². The quantitative estimate of drug-likeness (QED) is 0.808. The predicted octanol–water partition coefficient (Wildman–Crippen LogP) is 2.00. The summed E-state index contributed by atoms with van der Waals surface area (Å²) in [6.45, 7) is 5.84. The smallest absolute Gasteiger partial charge is 0.224 e. The lowest BCUT2D eigenvalue weighted by Crippen LogP contribution is -2.12. The van der Waals surface area contributed by atoms with Gasteiger partial charge in [-0.1, -0.05) is 6.92 Å². The lowest BCUT2D eigenvalue weighted by molar-refractivity contribution is 0.711. The van der Waals surface area contributed by atoms with Crippen molar-refractivity contribution in [1.29, 1.82) is 0 Å². The maximum absolute atomic E-state index is 4.50. The van der Waals surface area contributed by atoms with Crippen LogP contribution in [0, 0.1) is 6.92 Å². The molecule has 0 aromatic carbocycles. The van der Waals surface area contributed by atoms with Gasteiger partial charge in [0.2, 0.25) is 5.95 Å². The molecule has 0 spiro atoms. The second-order valence-electron chi connectivity index (χ2n) is 4.77. The van der Waals surface area contributed by atoms with Crippen molar-refractivity contribution in [2.45, 2.75) is 26.7 Å². The third-order valence-electron chi connectivity index (χ3n) is 3.10. The largest absolute Gasteiger partial charge is 0.369 e. The van der Waals surface area contributed by atoms with E-state index in [0.717, 1.165) is 37.3 Å². The summed E-state index contributed by atoms with van der Waals surface area (Å²) < 4.78 is 1.89. The summed E-state index contributed by atoms with van der Waals surface area (Å²) in [4.78, 5) is 8.77. The molecule has 20 heavy (non-hydrogen) atoms. The molecule has 0 bridgehead atoms. The fourth-order valence-corrected chi connectivity index (χ4v) is 1.90. The van der Waals surface area contributed by atoms with Gasteiger partial charge in [0.05, 0.1) is 0 Å². The van der Waals surface area contributed by atoms with Crippen LogP contribution in [0.25, 0.3) is 0 Å². The minimum absolute atomic E-state index is 0.681. The molecule has 2 N–H and O–H groups in total.